The minimum Gasteiger partial charge on any atom is -0.398 e. The van der Waals surface area contributed by atoms with E-state index >= 15 is 0 Å². The van der Waals surface area contributed by atoms with Gasteiger partial charge < -0.3 is 11.1 Å². The van der Waals surface area contributed by atoms with Gasteiger partial charge in [-0.05, 0) is 62.2 Å². The lowest BCUT2D eigenvalue weighted by Gasteiger charge is -2.28. The van der Waals surface area contributed by atoms with Crippen LogP contribution in [-0.4, -0.2) is 34.5 Å². The first-order valence-corrected chi connectivity index (χ1v) is 10.3. The SMILES string of the molecule is CC1CCN(CC#Cc2cc3ncnc(Nc4ccc(F)c(Cl)c4)c3cc2N)CC1. The molecule has 0 saturated carbocycles. The largest absolute Gasteiger partial charge is 0.398 e. The van der Waals surface area contributed by atoms with E-state index < -0.39 is 5.82 Å². The summed E-state index contributed by atoms with van der Waals surface area (Å²) >= 11 is 5.87. The van der Waals surface area contributed by atoms with Gasteiger partial charge in [-0.3, -0.25) is 4.90 Å². The standard InChI is InChI=1S/C23H23ClFN5/c1-15-6-9-30(10-7-15)8-2-3-16-11-22-18(13-21(16)26)23(28-14-27-22)29-17-4-5-20(25)19(24)12-17/h4-5,11-15H,6-10,26H2,1H3,(H,27,28,29). The maximum absolute atomic E-state index is 13.4. The Bertz CT molecular complexity index is 1130. The summed E-state index contributed by atoms with van der Waals surface area (Å²) in [4.78, 5) is 11.0. The van der Waals surface area contributed by atoms with Crippen LogP contribution in [0.2, 0.25) is 5.02 Å². The summed E-state index contributed by atoms with van der Waals surface area (Å²) in [5.74, 6) is 7.33. The Morgan fingerprint density at radius 2 is 2.03 bits per heavy atom. The number of piperidine rings is 1. The highest BCUT2D eigenvalue weighted by molar-refractivity contribution is 6.31. The number of nitrogens with two attached hydrogens (primary N) is 1. The number of likely N-dealkylation sites (tertiary alicyclic amines) is 1. The molecule has 154 valence electrons. The fourth-order valence-electron chi connectivity index (χ4n) is 3.51. The molecular weight excluding hydrogens is 401 g/mol. The molecule has 2 aromatic carbocycles. The first-order chi connectivity index (χ1) is 14.5. The molecule has 1 aliphatic rings. The topological polar surface area (TPSA) is 67.1 Å². The molecule has 3 N–H and O–H groups in total. The molecule has 3 aromatic rings. The summed E-state index contributed by atoms with van der Waals surface area (Å²) < 4.78 is 13.4. The maximum atomic E-state index is 13.4. The molecule has 0 radical (unpaired) electrons. The second kappa shape index (κ2) is 8.86. The van der Waals surface area contributed by atoms with Gasteiger partial charge in [-0.15, -0.1) is 0 Å². The van der Waals surface area contributed by atoms with E-state index in [0.29, 0.717) is 17.2 Å². The van der Waals surface area contributed by atoms with Crippen molar-refractivity contribution in [3.05, 3.63) is 53.1 Å². The second-order valence-electron chi connectivity index (χ2n) is 7.69. The lowest BCUT2D eigenvalue weighted by atomic mass is 9.99. The highest BCUT2D eigenvalue weighted by Crippen LogP contribution is 2.28. The lowest BCUT2D eigenvalue weighted by molar-refractivity contribution is 0.213. The summed E-state index contributed by atoms with van der Waals surface area (Å²) in [5, 5.41) is 3.95. The van der Waals surface area contributed by atoms with Gasteiger partial charge in [-0.1, -0.05) is 30.4 Å². The van der Waals surface area contributed by atoms with Gasteiger partial charge in [-0.2, -0.15) is 0 Å². The van der Waals surface area contributed by atoms with E-state index in [2.05, 4.69) is 38.9 Å². The summed E-state index contributed by atoms with van der Waals surface area (Å²) in [7, 11) is 0. The Morgan fingerprint density at radius 3 is 2.80 bits per heavy atom. The third-order valence-corrected chi connectivity index (χ3v) is 5.68. The van der Waals surface area contributed by atoms with Crippen molar-refractivity contribution in [2.24, 2.45) is 5.92 Å². The van der Waals surface area contributed by atoms with E-state index in [1.54, 1.807) is 6.07 Å². The molecule has 1 saturated heterocycles. The molecule has 7 heteroatoms. The van der Waals surface area contributed by atoms with Crippen molar-refractivity contribution in [2.75, 3.05) is 30.7 Å². The highest BCUT2D eigenvalue weighted by Gasteiger charge is 2.14. The van der Waals surface area contributed by atoms with Crippen LogP contribution < -0.4 is 11.1 Å². The Balaban J connectivity index is 1.56. The zero-order valence-electron chi connectivity index (χ0n) is 16.8. The number of hydrogen-bond donors (Lipinski definition) is 2. The predicted octanol–water partition coefficient (Wildman–Crippen LogP) is 4.83. The molecular formula is C23H23ClFN5. The van der Waals surface area contributed by atoms with Crippen LogP contribution in [0.25, 0.3) is 10.9 Å². The average Bonchev–Trinajstić information content (AvgIpc) is 2.73. The third kappa shape index (κ3) is 4.64. The molecule has 1 aliphatic heterocycles. The van der Waals surface area contributed by atoms with Crippen LogP contribution in [-0.2, 0) is 0 Å². The van der Waals surface area contributed by atoms with Gasteiger partial charge in [0, 0.05) is 22.3 Å². The van der Waals surface area contributed by atoms with Crippen LogP contribution in [0.4, 0.5) is 21.6 Å². The Labute approximate surface area is 180 Å². The van der Waals surface area contributed by atoms with Crippen molar-refractivity contribution < 1.29 is 4.39 Å². The van der Waals surface area contributed by atoms with E-state index in [-0.39, 0.29) is 5.02 Å². The van der Waals surface area contributed by atoms with E-state index in [1.165, 1.54) is 31.3 Å². The van der Waals surface area contributed by atoms with Gasteiger partial charge in [0.1, 0.15) is 18.0 Å². The van der Waals surface area contributed by atoms with Crippen molar-refractivity contribution in [1.29, 1.82) is 0 Å². The minimum absolute atomic E-state index is 0.0404. The number of hydrogen-bond acceptors (Lipinski definition) is 5. The number of nitrogens with zero attached hydrogens (tertiary/aromatic N) is 3. The van der Waals surface area contributed by atoms with E-state index in [4.69, 9.17) is 17.3 Å². The highest BCUT2D eigenvalue weighted by atomic mass is 35.5. The number of fused-ring (bicyclic) bond motifs is 1. The van der Waals surface area contributed by atoms with Gasteiger partial charge >= 0.3 is 0 Å². The number of aromatic nitrogens is 2. The summed E-state index contributed by atoms with van der Waals surface area (Å²) in [6.07, 6.45) is 3.93. The van der Waals surface area contributed by atoms with Crippen molar-refractivity contribution in [3.63, 3.8) is 0 Å². The quantitative estimate of drug-likeness (QED) is 0.466. The predicted molar refractivity (Wildman–Crippen MR) is 120 cm³/mol. The molecule has 0 bridgehead atoms. The van der Waals surface area contributed by atoms with Gasteiger partial charge in [0.25, 0.3) is 0 Å². The van der Waals surface area contributed by atoms with Crippen molar-refractivity contribution in [2.45, 2.75) is 19.8 Å². The molecule has 0 atom stereocenters. The average molecular weight is 424 g/mol. The van der Waals surface area contributed by atoms with Crippen LogP contribution in [0.3, 0.4) is 0 Å². The molecule has 5 nitrogen and oxygen atoms in total. The molecule has 0 spiro atoms. The molecule has 0 aliphatic carbocycles. The number of benzene rings is 2. The number of nitrogen functional groups attached to an aromatic ring is 1. The van der Waals surface area contributed by atoms with Gasteiger partial charge in [-0.25, -0.2) is 14.4 Å². The molecule has 30 heavy (non-hydrogen) atoms. The first kappa shape index (κ1) is 20.4. The molecule has 2 heterocycles. The Hall–Kier alpha value is -2.88. The zero-order chi connectivity index (χ0) is 21.1. The zero-order valence-corrected chi connectivity index (χ0v) is 17.5. The van der Waals surface area contributed by atoms with Crippen LogP contribution in [0.5, 0.6) is 0 Å². The summed E-state index contributed by atoms with van der Waals surface area (Å²) in [5.41, 5.74) is 8.93. The summed E-state index contributed by atoms with van der Waals surface area (Å²) in [6.45, 7) is 5.23. The number of anilines is 3. The number of nitrogens with one attached hydrogen (secondary N) is 1. The summed E-state index contributed by atoms with van der Waals surface area (Å²) in [6, 6.07) is 8.10. The molecule has 1 aromatic heterocycles. The number of rotatable bonds is 3. The van der Waals surface area contributed by atoms with Crippen LogP contribution >= 0.6 is 11.6 Å². The third-order valence-electron chi connectivity index (χ3n) is 5.39. The smallest absolute Gasteiger partial charge is 0.141 e. The maximum Gasteiger partial charge on any atom is 0.141 e. The van der Waals surface area contributed by atoms with E-state index in [9.17, 15) is 4.39 Å². The molecule has 0 amide bonds. The Kier molecular flexibility index (Phi) is 6.03. The van der Waals surface area contributed by atoms with E-state index in [0.717, 1.165) is 42.0 Å². The van der Waals surface area contributed by atoms with Gasteiger partial charge in [0.2, 0.25) is 0 Å². The molecule has 4 rings (SSSR count). The Morgan fingerprint density at radius 1 is 1.23 bits per heavy atom. The first-order valence-electron chi connectivity index (χ1n) is 9.97. The molecule has 1 fully saturated rings. The normalized spacial score (nSPS) is 15.0. The van der Waals surface area contributed by atoms with Crippen molar-refractivity contribution in [3.8, 4) is 11.8 Å². The molecule has 0 unspecified atom stereocenters. The lowest BCUT2D eigenvalue weighted by Crippen LogP contribution is -2.33. The fourth-order valence-corrected chi connectivity index (χ4v) is 3.69. The van der Waals surface area contributed by atoms with Gasteiger partial charge in [0.15, 0.2) is 0 Å². The fraction of sp³-hybridized carbons (Fsp3) is 0.304. The van der Waals surface area contributed by atoms with E-state index in [1.807, 2.05) is 12.1 Å². The van der Waals surface area contributed by atoms with Crippen LogP contribution in [0.15, 0.2) is 36.7 Å². The van der Waals surface area contributed by atoms with Crippen molar-refractivity contribution in [1.82, 2.24) is 14.9 Å². The van der Waals surface area contributed by atoms with Crippen molar-refractivity contribution >= 4 is 39.7 Å². The van der Waals surface area contributed by atoms with Gasteiger partial charge in [0.05, 0.1) is 17.1 Å². The number of halogens is 2. The van der Waals surface area contributed by atoms with Crippen LogP contribution in [0.1, 0.15) is 25.3 Å². The second-order valence-corrected chi connectivity index (χ2v) is 8.10. The van der Waals surface area contributed by atoms with Crippen LogP contribution in [0, 0.1) is 23.6 Å². The minimum atomic E-state index is -0.471. The monoisotopic (exact) mass is 423 g/mol.